The van der Waals surface area contributed by atoms with E-state index in [0.717, 1.165) is 55.0 Å². The molecule has 2 heterocycles. The number of nitrogens with zero attached hydrogens (tertiary/aromatic N) is 3. The van der Waals surface area contributed by atoms with Gasteiger partial charge in [0.05, 0.1) is 5.69 Å². The number of hydrogen-bond acceptors (Lipinski definition) is 3. The summed E-state index contributed by atoms with van der Waals surface area (Å²) in [6, 6.07) is 26.4. The fourth-order valence-corrected chi connectivity index (χ4v) is 6.90. The topological polar surface area (TPSA) is 19.4 Å². The Morgan fingerprint density at radius 1 is 0.660 bits per heavy atom. The van der Waals surface area contributed by atoms with Gasteiger partial charge in [-0.2, -0.15) is 0 Å². The van der Waals surface area contributed by atoms with Crippen LogP contribution in [0.2, 0.25) is 0 Å². The maximum atomic E-state index is 14.5. The zero-order chi connectivity index (χ0) is 33.2. The van der Waals surface area contributed by atoms with Gasteiger partial charge in [-0.25, -0.2) is 8.78 Å². The summed E-state index contributed by atoms with van der Waals surface area (Å²) in [5.74, 6) is -1.62. The third-order valence-corrected chi connectivity index (χ3v) is 10.2. The van der Waals surface area contributed by atoms with Gasteiger partial charge in [-0.05, 0) is 152 Å². The number of likely N-dealkylation sites (tertiary alicyclic amines) is 1. The quantitative estimate of drug-likeness (QED) is 0.170. The number of anilines is 1. The molecule has 0 atom stereocenters. The van der Waals surface area contributed by atoms with Crippen LogP contribution in [0.1, 0.15) is 57.3 Å². The van der Waals surface area contributed by atoms with Gasteiger partial charge in [0.15, 0.2) is 11.6 Å². The van der Waals surface area contributed by atoms with E-state index >= 15 is 0 Å². The van der Waals surface area contributed by atoms with Crippen LogP contribution in [0.15, 0.2) is 85.1 Å². The lowest BCUT2D eigenvalue weighted by Gasteiger charge is -2.40. The molecule has 6 rings (SSSR count). The van der Waals surface area contributed by atoms with Crippen LogP contribution in [-0.2, 0) is 13.1 Å². The fourth-order valence-electron chi connectivity index (χ4n) is 6.90. The van der Waals surface area contributed by atoms with E-state index in [1.54, 1.807) is 6.07 Å². The first-order valence-corrected chi connectivity index (χ1v) is 16.7. The van der Waals surface area contributed by atoms with Crippen molar-refractivity contribution in [3.8, 4) is 22.4 Å². The molecule has 1 saturated heterocycles. The smallest absolute Gasteiger partial charge is 0.160 e. The van der Waals surface area contributed by atoms with Crippen molar-refractivity contribution in [1.82, 2.24) is 9.88 Å². The number of piperidine rings is 1. The Labute approximate surface area is 278 Å². The van der Waals surface area contributed by atoms with E-state index in [9.17, 15) is 8.78 Å². The van der Waals surface area contributed by atoms with Gasteiger partial charge in [0, 0.05) is 55.7 Å². The molecule has 0 unspecified atom stereocenters. The molecule has 0 aliphatic carbocycles. The highest BCUT2D eigenvalue weighted by Gasteiger charge is 2.26. The maximum absolute atomic E-state index is 14.5. The minimum absolute atomic E-state index is 0.204. The van der Waals surface area contributed by atoms with Crippen LogP contribution in [0.5, 0.6) is 0 Å². The van der Waals surface area contributed by atoms with Gasteiger partial charge in [0.1, 0.15) is 0 Å². The molecule has 0 amide bonds. The molecule has 1 aliphatic heterocycles. The SMILES string of the molecule is Cc1cc(-c2cccc(CN(c3ccc(F)c(F)c3)C3CCN(Cc4ccnc(-c5cc(C)c(C)c(C)c5)c4)CC3)c2)cc(C)c1C. The zero-order valence-corrected chi connectivity index (χ0v) is 28.5. The molecule has 3 nitrogen and oxygen atoms in total. The third kappa shape index (κ3) is 7.31. The molecule has 1 fully saturated rings. The number of aromatic nitrogens is 1. The number of pyridine rings is 1. The van der Waals surface area contributed by atoms with Crippen LogP contribution < -0.4 is 4.90 Å². The molecule has 0 radical (unpaired) electrons. The van der Waals surface area contributed by atoms with Crippen molar-refractivity contribution in [2.45, 2.75) is 73.5 Å². The summed E-state index contributed by atoms with van der Waals surface area (Å²) in [7, 11) is 0. The minimum Gasteiger partial charge on any atom is -0.364 e. The lowest BCUT2D eigenvalue weighted by atomic mass is 9.95. The highest BCUT2D eigenvalue weighted by atomic mass is 19.2. The average molecular weight is 630 g/mol. The summed E-state index contributed by atoms with van der Waals surface area (Å²) < 4.78 is 28.6. The molecule has 0 spiro atoms. The van der Waals surface area contributed by atoms with E-state index in [-0.39, 0.29) is 6.04 Å². The molecule has 242 valence electrons. The predicted molar refractivity (Wildman–Crippen MR) is 191 cm³/mol. The molecule has 47 heavy (non-hydrogen) atoms. The summed E-state index contributed by atoms with van der Waals surface area (Å²) in [6.45, 7) is 16.3. The second kappa shape index (κ2) is 13.8. The number of rotatable bonds is 8. The molecule has 0 saturated carbocycles. The average Bonchev–Trinajstić information content (AvgIpc) is 3.06. The summed E-state index contributed by atoms with van der Waals surface area (Å²) in [5, 5.41) is 0. The van der Waals surface area contributed by atoms with Crippen molar-refractivity contribution in [3.05, 3.63) is 141 Å². The van der Waals surface area contributed by atoms with Crippen molar-refractivity contribution in [2.75, 3.05) is 18.0 Å². The van der Waals surface area contributed by atoms with E-state index in [1.807, 2.05) is 6.20 Å². The summed E-state index contributed by atoms with van der Waals surface area (Å²) >= 11 is 0. The number of benzene rings is 4. The van der Waals surface area contributed by atoms with Crippen molar-refractivity contribution in [1.29, 1.82) is 0 Å². The first-order chi connectivity index (χ1) is 22.5. The Morgan fingerprint density at radius 2 is 1.30 bits per heavy atom. The summed E-state index contributed by atoms with van der Waals surface area (Å²) in [4.78, 5) is 9.46. The predicted octanol–water partition coefficient (Wildman–Crippen LogP) is 10.2. The Balaban J connectivity index is 1.19. The summed E-state index contributed by atoms with van der Waals surface area (Å²) in [6.07, 6.45) is 3.78. The molecule has 1 aliphatic rings. The monoisotopic (exact) mass is 629 g/mol. The van der Waals surface area contributed by atoms with E-state index in [4.69, 9.17) is 4.98 Å². The van der Waals surface area contributed by atoms with Gasteiger partial charge in [-0.1, -0.05) is 30.3 Å². The first-order valence-electron chi connectivity index (χ1n) is 16.7. The maximum Gasteiger partial charge on any atom is 0.160 e. The van der Waals surface area contributed by atoms with Crippen LogP contribution in [0, 0.1) is 53.2 Å². The Kier molecular flexibility index (Phi) is 9.56. The number of halogens is 2. The molecule has 5 heteroatoms. The van der Waals surface area contributed by atoms with Crippen molar-refractivity contribution in [2.24, 2.45) is 0 Å². The zero-order valence-electron chi connectivity index (χ0n) is 28.5. The molecule has 0 bridgehead atoms. The van der Waals surface area contributed by atoms with Crippen LogP contribution in [0.25, 0.3) is 22.4 Å². The van der Waals surface area contributed by atoms with Crippen molar-refractivity contribution < 1.29 is 8.78 Å². The molecule has 5 aromatic rings. The van der Waals surface area contributed by atoms with E-state index < -0.39 is 11.6 Å². The fraction of sp³-hybridized carbons (Fsp3) is 0.310. The van der Waals surface area contributed by atoms with Crippen molar-refractivity contribution in [3.63, 3.8) is 0 Å². The van der Waals surface area contributed by atoms with Gasteiger partial charge in [0.25, 0.3) is 0 Å². The van der Waals surface area contributed by atoms with Gasteiger partial charge < -0.3 is 4.90 Å². The van der Waals surface area contributed by atoms with E-state index in [2.05, 4.69) is 112 Å². The van der Waals surface area contributed by atoms with Gasteiger partial charge in [0.2, 0.25) is 0 Å². The second-order valence-electron chi connectivity index (χ2n) is 13.5. The van der Waals surface area contributed by atoms with Crippen molar-refractivity contribution >= 4 is 5.69 Å². The molecule has 1 aromatic heterocycles. The first kappa shape index (κ1) is 32.6. The van der Waals surface area contributed by atoms with Crippen LogP contribution in [0.3, 0.4) is 0 Å². The largest absolute Gasteiger partial charge is 0.364 e. The summed E-state index contributed by atoms with van der Waals surface area (Å²) in [5.41, 5.74) is 15.4. The standard InChI is InChI=1S/C42H45F2N3/c1-27-18-36(19-28(2)31(27)5)35-9-7-8-33(22-35)26-47(39-10-11-40(43)41(44)24-39)38-13-16-46(17-14-38)25-34-12-15-45-42(23-34)37-20-29(3)32(6)30(4)21-37/h7-12,15,18-24,38H,13-14,16-17,25-26H2,1-6H3. The third-order valence-electron chi connectivity index (χ3n) is 10.2. The van der Waals surface area contributed by atoms with Gasteiger partial charge in [-0.3, -0.25) is 9.88 Å². The van der Waals surface area contributed by atoms with E-state index in [0.29, 0.717) is 6.54 Å². The lowest BCUT2D eigenvalue weighted by molar-refractivity contribution is 0.201. The minimum atomic E-state index is -0.816. The Morgan fingerprint density at radius 3 is 1.94 bits per heavy atom. The van der Waals surface area contributed by atoms with Crippen LogP contribution in [0.4, 0.5) is 14.5 Å². The molecule has 0 N–H and O–H groups in total. The molecular formula is C42H45F2N3. The second-order valence-corrected chi connectivity index (χ2v) is 13.5. The van der Waals surface area contributed by atoms with E-state index in [1.165, 1.54) is 62.2 Å². The number of aryl methyl sites for hydroxylation is 4. The molecule has 4 aromatic carbocycles. The normalized spacial score (nSPS) is 14.0. The Bertz CT molecular complexity index is 1860. The van der Waals surface area contributed by atoms with Crippen LogP contribution >= 0.6 is 0 Å². The van der Waals surface area contributed by atoms with Crippen LogP contribution in [-0.4, -0.2) is 29.0 Å². The lowest BCUT2D eigenvalue weighted by Crippen LogP contribution is -2.44. The molecular weight excluding hydrogens is 584 g/mol. The highest BCUT2D eigenvalue weighted by Crippen LogP contribution is 2.31. The van der Waals surface area contributed by atoms with Gasteiger partial charge in [-0.15, -0.1) is 0 Å². The highest BCUT2D eigenvalue weighted by molar-refractivity contribution is 5.67. The number of hydrogen-bond donors (Lipinski definition) is 0. The Hall–Kier alpha value is -4.35. The van der Waals surface area contributed by atoms with Gasteiger partial charge >= 0.3 is 0 Å².